The molecule has 0 saturated carbocycles. The monoisotopic (exact) mass is 260 g/mol. The maximum atomic E-state index is 10.7. The van der Waals surface area contributed by atoms with E-state index in [0.717, 1.165) is 12.2 Å². The Morgan fingerprint density at radius 3 is 2.18 bits per heavy atom. The van der Waals surface area contributed by atoms with Gasteiger partial charge in [0.15, 0.2) is 0 Å². The van der Waals surface area contributed by atoms with Crippen LogP contribution in [0.15, 0.2) is 30.3 Å². The summed E-state index contributed by atoms with van der Waals surface area (Å²) in [6.45, 7) is 4.89. The molecule has 0 spiro atoms. The van der Waals surface area contributed by atoms with Crippen LogP contribution in [0.3, 0.4) is 0 Å². The molecule has 17 heavy (non-hydrogen) atoms. The van der Waals surface area contributed by atoms with Crippen LogP contribution in [0.5, 0.6) is 5.75 Å². The second kappa shape index (κ2) is 13.2. The van der Waals surface area contributed by atoms with Crippen LogP contribution >= 0.6 is 0 Å². The van der Waals surface area contributed by atoms with Gasteiger partial charge in [0, 0.05) is 22.8 Å². The van der Waals surface area contributed by atoms with Crippen molar-refractivity contribution in [1.29, 1.82) is 0 Å². The molecular formula is C13H24O3S. The summed E-state index contributed by atoms with van der Waals surface area (Å²) in [5, 5.41) is 0. The summed E-state index contributed by atoms with van der Waals surface area (Å²) >= 11 is 0. The minimum atomic E-state index is -0.703. The molecule has 0 heterocycles. The Morgan fingerprint density at radius 2 is 1.71 bits per heavy atom. The molecule has 3 nitrogen and oxygen atoms in total. The highest BCUT2D eigenvalue weighted by molar-refractivity contribution is 7.84. The van der Waals surface area contributed by atoms with Crippen molar-refractivity contribution in [3.8, 4) is 5.75 Å². The molecule has 100 valence electrons. The molecule has 1 aromatic rings. The van der Waals surface area contributed by atoms with E-state index in [1.165, 1.54) is 6.42 Å². The van der Waals surface area contributed by atoms with Crippen molar-refractivity contribution in [2.75, 3.05) is 18.6 Å². The van der Waals surface area contributed by atoms with Crippen molar-refractivity contribution in [3.05, 3.63) is 30.3 Å². The summed E-state index contributed by atoms with van der Waals surface area (Å²) in [4.78, 5) is 0. The van der Waals surface area contributed by atoms with Gasteiger partial charge in [-0.1, -0.05) is 38.5 Å². The van der Waals surface area contributed by atoms with Gasteiger partial charge in [-0.05, 0) is 18.6 Å². The Balaban J connectivity index is 0. The smallest absolute Gasteiger partial charge is 0.119 e. The van der Waals surface area contributed by atoms with Gasteiger partial charge < -0.3 is 10.2 Å². The van der Waals surface area contributed by atoms with E-state index in [9.17, 15) is 4.21 Å². The average molecular weight is 260 g/mol. The lowest BCUT2D eigenvalue weighted by atomic mass is 10.3. The molecule has 1 aromatic carbocycles. The van der Waals surface area contributed by atoms with Crippen LogP contribution in [0.1, 0.15) is 26.7 Å². The standard InChI is InChI=1S/C10H14O2S.C3H8.H2O/c1-13(11)9-5-8-12-10-6-3-2-4-7-10;1-3-2;/h2-4,6-7H,5,8-9H2,1H3;3H2,1-2H3;1H2. The molecule has 1 atom stereocenters. The lowest BCUT2D eigenvalue weighted by Gasteiger charge is -2.04. The Bertz CT molecular complexity index is 275. The highest BCUT2D eigenvalue weighted by Gasteiger charge is 1.93. The molecule has 0 aromatic heterocycles. The quantitative estimate of drug-likeness (QED) is 0.763. The number of rotatable bonds is 5. The van der Waals surface area contributed by atoms with Crippen molar-refractivity contribution >= 4 is 10.8 Å². The number of hydrogen-bond acceptors (Lipinski definition) is 2. The van der Waals surface area contributed by atoms with Gasteiger partial charge in [0.05, 0.1) is 6.61 Å². The average Bonchev–Trinajstić information content (AvgIpc) is 2.27. The zero-order valence-corrected chi connectivity index (χ0v) is 11.8. The summed E-state index contributed by atoms with van der Waals surface area (Å²) in [7, 11) is -0.703. The Kier molecular flexibility index (Phi) is 14.4. The topological polar surface area (TPSA) is 57.8 Å². The highest BCUT2D eigenvalue weighted by atomic mass is 32.2. The molecule has 0 amide bonds. The van der Waals surface area contributed by atoms with Crippen LogP contribution in [-0.4, -0.2) is 28.3 Å². The molecule has 0 radical (unpaired) electrons. The minimum absolute atomic E-state index is 0. The molecule has 4 heteroatoms. The van der Waals surface area contributed by atoms with Gasteiger partial charge in [-0.25, -0.2) is 0 Å². The van der Waals surface area contributed by atoms with Gasteiger partial charge >= 0.3 is 0 Å². The van der Waals surface area contributed by atoms with Crippen LogP contribution in [-0.2, 0) is 10.8 Å². The molecular weight excluding hydrogens is 236 g/mol. The first-order valence-electron chi connectivity index (χ1n) is 5.68. The minimum Gasteiger partial charge on any atom is -0.494 e. The fourth-order valence-electron chi connectivity index (χ4n) is 0.969. The highest BCUT2D eigenvalue weighted by Crippen LogP contribution is 2.08. The first-order valence-corrected chi connectivity index (χ1v) is 7.41. The predicted molar refractivity (Wildman–Crippen MR) is 75.1 cm³/mol. The van der Waals surface area contributed by atoms with Crippen LogP contribution in [0.25, 0.3) is 0 Å². The molecule has 0 bridgehead atoms. The van der Waals surface area contributed by atoms with Crippen molar-refractivity contribution in [2.45, 2.75) is 26.7 Å². The second-order valence-corrected chi connectivity index (χ2v) is 5.05. The molecule has 0 aliphatic rings. The lowest BCUT2D eigenvalue weighted by Crippen LogP contribution is -2.02. The molecule has 1 unspecified atom stereocenters. The van der Waals surface area contributed by atoms with Gasteiger partial charge in [0.1, 0.15) is 5.75 Å². The fourth-order valence-corrected chi connectivity index (χ4v) is 1.49. The number of benzene rings is 1. The van der Waals surface area contributed by atoms with E-state index >= 15 is 0 Å². The summed E-state index contributed by atoms with van der Waals surface area (Å²) in [6, 6.07) is 9.67. The van der Waals surface area contributed by atoms with E-state index < -0.39 is 10.8 Å². The van der Waals surface area contributed by atoms with Crippen LogP contribution in [0.4, 0.5) is 0 Å². The maximum Gasteiger partial charge on any atom is 0.119 e. The third-order valence-electron chi connectivity index (χ3n) is 1.59. The Labute approximate surface area is 107 Å². The lowest BCUT2D eigenvalue weighted by molar-refractivity contribution is 0.318. The van der Waals surface area contributed by atoms with Crippen molar-refractivity contribution in [3.63, 3.8) is 0 Å². The van der Waals surface area contributed by atoms with Crippen LogP contribution in [0.2, 0.25) is 0 Å². The first-order chi connectivity index (χ1) is 7.70. The maximum absolute atomic E-state index is 10.7. The third-order valence-corrected chi connectivity index (χ3v) is 2.45. The zero-order chi connectivity index (χ0) is 12.2. The Morgan fingerprint density at radius 1 is 1.18 bits per heavy atom. The van der Waals surface area contributed by atoms with E-state index in [4.69, 9.17) is 4.74 Å². The van der Waals surface area contributed by atoms with Gasteiger partial charge in [0.2, 0.25) is 0 Å². The van der Waals surface area contributed by atoms with Gasteiger partial charge in [0.25, 0.3) is 0 Å². The summed E-state index contributed by atoms with van der Waals surface area (Å²) in [6.07, 6.45) is 3.81. The van der Waals surface area contributed by atoms with E-state index in [0.29, 0.717) is 12.4 Å². The third kappa shape index (κ3) is 13.1. The van der Waals surface area contributed by atoms with Gasteiger partial charge in [-0.3, -0.25) is 4.21 Å². The van der Waals surface area contributed by atoms with Crippen molar-refractivity contribution in [2.24, 2.45) is 0 Å². The number of para-hydroxylation sites is 1. The molecule has 2 N–H and O–H groups in total. The normalized spacial score (nSPS) is 10.5. The predicted octanol–water partition coefficient (Wildman–Crippen LogP) is 2.43. The summed E-state index contributed by atoms with van der Waals surface area (Å²) in [5.41, 5.74) is 0. The van der Waals surface area contributed by atoms with E-state index in [1.54, 1.807) is 6.26 Å². The van der Waals surface area contributed by atoms with Gasteiger partial charge in [-0.15, -0.1) is 0 Å². The molecule has 1 rings (SSSR count). The fraction of sp³-hybridized carbons (Fsp3) is 0.538. The van der Waals surface area contributed by atoms with E-state index in [-0.39, 0.29) is 5.48 Å². The largest absolute Gasteiger partial charge is 0.494 e. The summed E-state index contributed by atoms with van der Waals surface area (Å²) < 4.78 is 16.1. The molecule has 0 aliphatic carbocycles. The Hall–Kier alpha value is -0.870. The zero-order valence-electron chi connectivity index (χ0n) is 10.9. The number of hydrogen-bond donors (Lipinski definition) is 0. The van der Waals surface area contributed by atoms with Crippen molar-refractivity contribution < 1.29 is 14.4 Å². The molecule has 0 saturated heterocycles. The van der Waals surface area contributed by atoms with E-state index in [2.05, 4.69) is 13.8 Å². The second-order valence-electron chi connectivity index (χ2n) is 3.50. The molecule has 0 fully saturated rings. The van der Waals surface area contributed by atoms with Crippen molar-refractivity contribution in [1.82, 2.24) is 0 Å². The van der Waals surface area contributed by atoms with Crippen LogP contribution < -0.4 is 4.74 Å². The first kappa shape index (κ1) is 18.5. The number of ether oxygens (including phenoxy) is 1. The molecule has 0 aliphatic heterocycles. The van der Waals surface area contributed by atoms with E-state index in [1.807, 2.05) is 30.3 Å². The SMILES string of the molecule is CCC.CS(=O)CCCOc1ccccc1.O. The van der Waals surface area contributed by atoms with Crippen LogP contribution in [0, 0.1) is 0 Å². The summed E-state index contributed by atoms with van der Waals surface area (Å²) in [5.74, 6) is 1.59. The van der Waals surface area contributed by atoms with Gasteiger partial charge in [-0.2, -0.15) is 0 Å².